The van der Waals surface area contributed by atoms with E-state index in [9.17, 15) is 13.2 Å². The molecular weight excluding hydrogens is 302 g/mol. The van der Waals surface area contributed by atoms with Crippen molar-refractivity contribution in [3.63, 3.8) is 0 Å². The standard InChI is InChI=1S/C15H17N3O3S/c1-10-4-3-5-11(6-10)13-7-14(13)15(19)17-22(20,21)12-8-16-18(2)9-12/h3-6,8-9,13-14H,7H2,1-2H3,(H,17,19). The van der Waals surface area contributed by atoms with Gasteiger partial charge >= 0.3 is 0 Å². The van der Waals surface area contributed by atoms with Crippen LogP contribution in [0.3, 0.4) is 0 Å². The molecule has 1 amide bonds. The molecule has 2 aromatic rings. The molecule has 3 rings (SSSR count). The summed E-state index contributed by atoms with van der Waals surface area (Å²) < 4.78 is 27.7. The summed E-state index contributed by atoms with van der Waals surface area (Å²) in [6.45, 7) is 1.99. The fraction of sp³-hybridized carbons (Fsp3) is 0.333. The van der Waals surface area contributed by atoms with Crippen LogP contribution in [0.5, 0.6) is 0 Å². The van der Waals surface area contributed by atoms with Crippen molar-refractivity contribution in [3.8, 4) is 0 Å². The van der Waals surface area contributed by atoms with Gasteiger partial charge in [-0.25, -0.2) is 13.1 Å². The van der Waals surface area contributed by atoms with E-state index in [1.165, 1.54) is 17.1 Å². The molecule has 6 nitrogen and oxygen atoms in total. The Kier molecular flexibility index (Phi) is 3.52. The van der Waals surface area contributed by atoms with E-state index in [-0.39, 0.29) is 16.7 Å². The molecule has 2 atom stereocenters. The van der Waals surface area contributed by atoms with Crippen LogP contribution < -0.4 is 4.72 Å². The van der Waals surface area contributed by atoms with Crippen LogP contribution in [0.4, 0.5) is 0 Å². The monoisotopic (exact) mass is 319 g/mol. The second kappa shape index (κ2) is 5.24. The first-order valence-electron chi connectivity index (χ1n) is 6.99. The van der Waals surface area contributed by atoms with E-state index in [4.69, 9.17) is 0 Å². The third kappa shape index (κ3) is 2.89. The van der Waals surface area contributed by atoms with Gasteiger partial charge in [-0.3, -0.25) is 9.48 Å². The predicted molar refractivity (Wildman–Crippen MR) is 80.6 cm³/mol. The lowest BCUT2D eigenvalue weighted by Gasteiger charge is -2.05. The quantitative estimate of drug-likeness (QED) is 0.922. The van der Waals surface area contributed by atoms with E-state index in [0.29, 0.717) is 6.42 Å². The first-order valence-corrected chi connectivity index (χ1v) is 8.47. The summed E-state index contributed by atoms with van der Waals surface area (Å²) in [5.74, 6) is -0.632. The highest BCUT2D eigenvalue weighted by atomic mass is 32.2. The summed E-state index contributed by atoms with van der Waals surface area (Å²) in [6, 6.07) is 7.95. The maximum Gasteiger partial charge on any atom is 0.267 e. The minimum atomic E-state index is -3.84. The average molecular weight is 319 g/mol. The summed E-state index contributed by atoms with van der Waals surface area (Å²) >= 11 is 0. The van der Waals surface area contributed by atoms with E-state index < -0.39 is 15.9 Å². The van der Waals surface area contributed by atoms with Crippen LogP contribution in [-0.2, 0) is 21.9 Å². The molecule has 0 saturated heterocycles. The number of aromatic nitrogens is 2. The van der Waals surface area contributed by atoms with Gasteiger partial charge in [0.15, 0.2) is 0 Å². The molecule has 1 aromatic heterocycles. The Hall–Kier alpha value is -2.15. The molecule has 1 fully saturated rings. The molecule has 0 bridgehead atoms. The Morgan fingerprint density at radius 3 is 2.82 bits per heavy atom. The normalized spacial score (nSPS) is 20.6. The molecule has 1 aliphatic rings. The molecule has 2 unspecified atom stereocenters. The lowest BCUT2D eigenvalue weighted by molar-refractivity contribution is -0.120. The number of hydrogen-bond donors (Lipinski definition) is 1. The Balaban J connectivity index is 1.69. The molecule has 116 valence electrons. The third-order valence-electron chi connectivity index (χ3n) is 3.82. The smallest absolute Gasteiger partial charge is 0.267 e. The minimum absolute atomic E-state index is 0.00361. The number of benzene rings is 1. The van der Waals surface area contributed by atoms with Gasteiger partial charge in [-0.05, 0) is 24.8 Å². The zero-order valence-electron chi connectivity index (χ0n) is 12.4. The van der Waals surface area contributed by atoms with Gasteiger partial charge in [-0.2, -0.15) is 5.10 Å². The number of hydrogen-bond acceptors (Lipinski definition) is 4. The average Bonchev–Trinajstić information content (AvgIpc) is 3.13. The first kappa shape index (κ1) is 14.8. The Morgan fingerprint density at radius 1 is 1.41 bits per heavy atom. The first-order chi connectivity index (χ1) is 10.4. The highest BCUT2D eigenvalue weighted by Gasteiger charge is 2.45. The summed E-state index contributed by atoms with van der Waals surface area (Å²) in [4.78, 5) is 12.1. The third-order valence-corrected chi connectivity index (χ3v) is 5.13. The highest BCUT2D eigenvalue weighted by Crippen LogP contribution is 2.47. The van der Waals surface area contributed by atoms with E-state index in [0.717, 1.165) is 11.1 Å². The molecule has 1 aliphatic carbocycles. The predicted octanol–water partition coefficient (Wildman–Crippen LogP) is 1.34. The maximum atomic E-state index is 12.2. The fourth-order valence-electron chi connectivity index (χ4n) is 2.56. The van der Waals surface area contributed by atoms with E-state index >= 15 is 0 Å². The van der Waals surface area contributed by atoms with Crippen LogP contribution in [0.2, 0.25) is 0 Å². The van der Waals surface area contributed by atoms with Crippen LogP contribution in [0.25, 0.3) is 0 Å². The highest BCUT2D eigenvalue weighted by molar-refractivity contribution is 7.90. The number of nitrogens with one attached hydrogen (secondary N) is 1. The molecule has 1 aromatic carbocycles. The van der Waals surface area contributed by atoms with Gasteiger partial charge < -0.3 is 0 Å². The number of nitrogens with zero attached hydrogens (tertiary/aromatic N) is 2. The van der Waals surface area contributed by atoms with E-state index in [1.807, 2.05) is 31.2 Å². The summed E-state index contributed by atoms with van der Waals surface area (Å²) in [6.07, 6.45) is 3.26. The number of carbonyl (C=O) groups excluding carboxylic acids is 1. The van der Waals surface area contributed by atoms with Crippen molar-refractivity contribution in [2.45, 2.75) is 24.2 Å². The van der Waals surface area contributed by atoms with Crippen molar-refractivity contribution < 1.29 is 13.2 Å². The van der Waals surface area contributed by atoms with Gasteiger partial charge in [0.05, 0.1) is 6.20 Å². The minimum Gasteiger partial charge on any atom is -0.274 e. The zero-order chi connectivity index (χ0) is 15.9. The van der Waals surface area contributed by atoms with Gasteiger partial charge in [0.2, 0.25) is 5.91 Å². The number of amides is 1. The second-order valence-electron chi connectivity index (χ2n) is 5.68. The molecule has 0 radical (unpaired) electrons. The van der Waals surface area contributed by atoms with Crippen molar-refractivity contribution in [2.24, 2.45) is 13.0 Å². The number of carbonyl (C=O) groups is 1. The van der Waals surface area contributed by atoms with Crippen molar-refractivity contribution in [3.05, 3.63) is 47.8 Å². The van der Waals surface area contributed by atoms with E-state index in [1.54, 1.807) is 7.05 Å². The molecule has 1 heterocycles. The van der Waals surface area contributed by atoms with Gasteiger partial charge in [-0.15, -0.1) is 0 Å². The van der Waals surface area contributed by atoms with Gasteiger partial charge in [-0.1, -0.05) is 29.8 Å². The number of aryl methyl sites for hydroxylation is 2. The Labute approximate surface area is 129 Å². The SMILES string of the molecule is Cc1cccc(C2CC2C(=O)NS(=O)(=O)c2cnn(C)c2)c1. The molecule has 0 spiro atoms. The fourth-order valence-corrected chi connectivity index (χ4v) is 3.57. The summed E-state index contributed by atoms with van der Waals surface area (Å²) in [5.41, 5.74) is 2.21. The number of rotatable bonds is 4. The van der Waals surface area contributed by atoms with Crippen LogP contribution in [-0.4, -0.2) is 24.1 Å². The molecule has 1 N–H and O–H groups in total. The van der Waals surface area contributed by atoms with E-state index in [2.05, 4.69) is 9.82 Å². The second-order valence-corrected chi connectivity index (χ2v) is 7.36. The van der Waals surface area contributed by atoms with Crippen LogP contribution in [0.15, 0.2) is 41.6 Å². The van der Waals surface area contributed by atoms with Crippen LogP contribution >= 0.6 is 0 Å². The van der Waals surface area contributed by atoms with Crippen molar-refractivity contribution >= 4 is 15.9 Å². The summed E-state index contributed by atoms with van der Waals surface area (Å²) in [7, 11) is -2.22. The maximum absolute atomic E-state index is 12.2. The van der Waals surface area contributed by atoms with Gasteiger partial charge in [0.1, 0.15) is 4.90 Å². The molecule has 1 saturated carbocycles. The summed E-state index contributed by atoms with van der Waals surface area (Å²) in [5, 5.41) is 3.81. The largest absolute Gasteiger partial charge is 0.274 e. The Morgan fingerprint density at radius 2 is 2.18 bits per heavy atom. The molecular formula is C15H17N3O3S. The van der Waals surface area contributed by atoms with Gasteiger partial charge in [0.25, 0.3) is 10.0 Å². The lowest BCUT2D eigenvalue weighted by Crippen LogP contribution is -2.31. The lowest BCUT2D eigenvalue weighted by atomic mass is 10.1. The molecule has 0 aliphatic heterocycles. The van der Waals surface area contributed by atoms with Gasteiger partial charge in [0, 0.05) is 19.2 Å². The van der Waals surface area contributed by atoms with Crippen LogP contribution in [0.1, 0.15) is 23.5 Å². The molecule has 7 heteroatoms. The zero-order valence-corrected chi connectivity index (χ0v) is 13.2. The molecule has 22 heavy (non-hydrogen) atoms. The Bertz CT molecular complexity index is 826. The van der Waals surface area contributed by atoms with Crippen molar-refractivity contribution in [2.75, 3.05) is 0 Å². The number of sulfonamides is 1. The van der Waals surface area contributed by atoms with Crippen molar-refractivity contribution in [1.82, 2.24) is 14.5 Å². The van der Waals surface area contributed by atoms with Crippen LogP contribution in [0, 0.1) is 12.8 Å². The van der Waals surface area contributed by atoms with Crippen molar-refractivity contribution in [1.29, 1.82) is 0 Å². The topological polar surface area (TPSA) is 81.1 Å².